The summed E-state index contributed by atoms with van der Waals surface area (Å²) in [5.41, 5.74) is 1.85. The molecule has 2 nitrogen and oxygen atoms in total. The van der Waals surface area contributed by atoms with E-state index in [1.54, 1.807) is 6.20 Å². The fourth-order valence-electron chi connectivity index (χ4n) is 0.712. The van der Waals surface area contributed by atoms with Crippen LogP contribution >= 0.6 is 15.9 Å². The molecule has 0 aliphatic heterocycles. The van der Waals surface area contributed by atoms with Crippen molar-refractivity contribution >= 4 is 22.2 Å². The number of carbonyl (C=O) groups excluding carboxylic acids is 1. The molecule has 0 bridgehead atoms. The third kappa shape index (κ3) is 2.12. The molecule has 0 fully saturated rings. The van der Waals surface area contributed by atoms with E-state index >= 15 is 0 Å². The normalized spacial score (nSPS) is 12.5. The molecule has 0 N–H and O–H groups in total. The first-order valence-electron chi connectivity index (χ1n) is 3.26. The molecule has 0 spiro atoms. The van der Waals surface area contributed by atoms with Gasteiger partial charge in [0.25, 0.3) is 0 Å². The van der Waals surface area contributed by atoms with Crippen LogP contribution in [0.2, 0.25) is 0 Å². The van der Waals surface area contributed by atoms with Crippen LogP contribution in [-0.2, 0) is 4.79 Å². The van der Waals surface area contributed by atoms with Gasteiger partial charge in [0.1, 0.15) is 11.1 Å². The Morgan fingerprint density at radius 1 is 1.64 bits per heavy atom. The number of halogens is 1. The molecule has 0 aromatic carbocycles. The first-order chi connectivity index (χ1) is 5.24. The van der Waals surface area contributed by atoms with E-state index in [1.807, 2.05) is 19.1 Å². The van der Waals surface area contributed by atoms with E-state index in [-0.39, 0.29) is 4.83 Å². The lowest BCUT2D eigenvalue weighted by atomic mass is 10.2. The average Bonchev–Trinajstić information content (AvgIpc) is 2.05. The number of nitrogens with zero attached hydrogens (tertiary/aromatic N) is 1. The third-order valence-electron chi connectivity index (χ3n) is 1.34. The van der Waals surface area contributed by atoms with E-state index in [9.17, 15) is 4.79 Å². The highest BCUT2D eigenvalue weighted by Crippen LogP contribution is 2.17. The number of alkyl halides is 1. The maximum Gasteiger partial charge on any atom is 0.139 e. The minimum atomic E-state index is -0.275. The van der Waals surface area contributed by atoms with Crippen LogP contribution in [0.15, 0.2) is 18.3 Å². The summed E-state index contributed by atoms with van der Waals surface area (Å²) in [7, 11) is 0. The van der Waals surface area contributed by atoms with Crippen LogP contribution in [0, 0.1) is 6.92 Å². The van der Waals surface area contributed by atoms with Crippen molar-refractivity contribution in [1.29, 1.82) is 0 Å². The average molecular weight is 214 g/mol. The number of hydrogen-bond acceptors (Lipinski definition) is 2. The lowest BCUT2D eigenvalue weighted by molar-refractivity contribution is -0.107. The number of rotatable bonds is 2. The first kappa shape index (κ1) is 8.40. The van der Waals surface area contributed by atoms with Gasteiger partial charge in [-0.15, -0.1) is 0 Å². The number of carbonyl (C=O) groups is 1. The second-order valence-electron chi connectivity index (χ2n) is 2.30. The van der Waals surface area contributed by atoms with Gasteiger partial charge in [0.2, 0.25) is 0 Å². The lowest BCUT2D eigenvalue weighted by Crippen LogP contribution is -1.93. The molecule has 0 unspecified atom stereocenters. The molecule has 0 saturated carbocycles. The van der Waals surface area contributed by atoms with Gasteiger partial charge in [0, 0.05) is 6.20 Å². The van der Waals surface area contributed by atoms with Gasteiger partial charge < -0.3 is 4.79 Å². The highest BCUT2D eigenvalue weighted by Gasteiger charge is 2.04. The topological polar surface area (TPSA) is 30.0 Å². The van der Waals surface area contributed by atoms with Crippen molar-refractivity contribution in [2.24, 2.45) is 0 Å². The van der Waals surface area contributed by atoms with E-state index in [0.717, 1.165) is 17.5 Å². The second-order valence-corrected chi connectivity index (χ2v) is 3.28. The zero-order chi connectivity index (χ0) is 8.27. The lowest BCUT2D eigenvalue weighted by Gasteiger charge is -1.99. The van der Waals surface area contributed by atoms with Crippen LogP contribution < -0.4 is 0 Å². The van der Waals surface area contributed by atoms with Crippen LogP contribution in [0.5, 0.6) is 0 Å². The molecule has 58 valence electrons. The quantitative estimate of drug-likeness (QED) is 0.556. The van der Waals surface area contributed by atoms with Gasteiger partial charge in [-0.05, 0) is 18.6 Å². The maximum absolute atomic E-state index is 10.3. The summed E-state index contributed by atoms with van der Waals surface area (Å²) < 4.78 is 0. The Kier molecular flexibility index (Phi) is 2.76. The largest absolute Gasteiger partial charge is 0.302 e. The van der Waals surface area contributed by atoms with Crippen LogP contribution in [0.25, 0.3) is 0 Å². The molecule has 1 atom stereocenters. The van der Waals surface area contributed by atoms with E-state index in [1.165, 1.54) is 0 Å². The van der Waals surface area contributed by atoms with E-state index in [2.05, 4.69) is 20.9 Å². The Bertz CT molecular complexity index is 245. The van der Waals surface area contributed by atoms with Crippen LogP contribution in [-0.4, -0.2) is 11.3 Å². The number of aldehydes is 1. The Morgan fingerprint density at radius 3 is 2.82 bits per heavy atom. The molecule has 11 heavy (non-hydrogen) atoms. The summed E-state index contributed by atoms with van der Waals surface area (Å²) >= 11 is 3.18. The molecule has 1 rings (SSSR count). The van der Waals surface area contributed by atoms with Crippen molar-refractivity contribution < 1.29 is 4.79 Å². The summed E-state index contributed by atoms with van der Waals surface area (Å²) in [4.78, 5) is 14.1. The number of hydrogen-bond donors (Lipinski definition) is 0. The van der Waals surface area contributed by atoms with Crippen molar-refractivity contribution in [1.82, 2.24) is 4.98 Å². The third-order valence-corrected chi connectivity index (χ3v) is 2.02. The Balaban J connectivity index is 2.89. The predicted octanol–water partition coefficient (Wildman–Crippen LogP) is 2.02. The van der Waals surface area contributed by atoms with Crippen molar-refractivity contribution in [3.05, 3.63) is 29.6 Å². The monoisotopic (exact) mass is 213 g/mol. The molecule has 1 aromatic heterocycles. The molecular weight excluding hydrogens is 206 g/mol. The fraction of sp³-hybridized carbons (Fsp3) is 0.250. The van der Waals surface area contributed by atoms with Crippen molar-refractivity contribution in [2.45, 2.75) is 11.8 Å². The second kappa shape index (κ2) is 3.62. The van der Waals surface area contributed by atoms with Crippen molar-refractivity contribution in [2.75, 3.05) is 0 Å². The zero-order valence-corrected chi connectivity index (χ0v) is 7.71. The van der Waals surface area contributed by atoms with Gasteiger partial charge >= 0.3 is 0 Å². The van der Waals surface area contributed by atoms with Gasteiger partial charge in [0.05, 0.1) is 5.69 Å². The van der Waals surface area contributed by atoms with Gasteiger partial charge in [-0.2, -0.15) is 0 Å². The number of aryl methyl sites for hydroxylation is 1. The first-order valence-corrected chi connectivity index (χ1v) is 4.17. The summed E-state index contributed by atoms with van der Waals surface area (Å²) in [5, 5.41) is 0. The summed E-state index contributed by atoms with van der Waals surface area (Å²) in [6, 6.07) is 3.77. The molecule has 1 aromatic rings. The summed E-state index contributed by atoms with van der Waals surface area (Å²) in [6.45, 7) is 1.96. The van der Waals surface area contributed by atoms with E-state index < -0.39 is 0 Å². The number of aromatic nitrogens is 1. The Labute approximate surface area is 73.8 Å². The minimum absolute atomic E-state index is 0.275. The van der Waals surface area contributed by atoms with Crippen molar-refractivity contribution in [3.63, 3.8) is 0 Å². The van der Waals surface area contributed by atoms with Gasteiger partial charge in [-0.1, -0.05) is 22.0 Å². The number of pyridine rings is 1. The molecule has 1 heterocycles. The van der Waals surface area contributed by atoms with Crippen molar-refractivity contribution in [3.8, 4) is 0 Å². The molecule has 0 aliphatic carbocycles. The van der Waals surface area contributed by atoms with E-state index in [0.29, 0.717) is 0 Å². The van der Waals surface area contributed by atoms with Crippen LogP contribution in [0.3, 0.4) is 0 Å². The Morgan fingerprint density at radius 2 is 2.36 bits per heavy atom. The fourth-order valence-corrected chi connectivity index (χ4v) is 0.983. The zero-order valence-electron chi connectivity index (χ0n) is 6.12. The van der Waals surface area contributed by atoms with Gasteiger partial charge in [-0.3, -0.25) is 4.98 Å². The highest BCUT2D eigenvalue weighted by atomic mass is 79.9. The molecule has 0 saturated heterocycles. The van der Waals surface area contributed by atoms with Gasteiger partial charge in [-0.25, -0.2) is 0 Å². The molecule has 0 radical (unpaired) electrons. The highest BCUT2D eigenvalue weighted by molar-refractivity contribution is 9.09. The smallest absolute Gasteiger partial charge is 0.139 e. The molecule has 0 amide bonds. The van der Waals surface area contributed by atoms with Crippen LogP contribution in [0.4, 0.5) is 0 Å². The van der Waals surface area contributed by atoms with Crippen LogP contribution in [0.1, 0.15) is 16.1 Å². The Hall–Kier alpha value is -0.700. The SMILES string of the molecule is Cc1ccc([C@H](Br)C=O)nc1. The van der Waals surface area contributed by atoms with E-state index in [4.69, 9.17) is 0 Å². The van der Waals surface area contributed by atoms with Gasteiger partial charge in [0.15, 0.2) is 0 Å². The predicted molar refractivity (Wildman–Crippen MR) is 46.7 cm³/mol. The summed E-state index contributed by atoms with van der Waals surface area (Å²) in [5.74, 6) is 0. The molecule has 0 aliphatic rings. The standard InChI is InChI=1S/C8H8BrNO/c1-6-2-3-8(10-4-6)7(9)5-11/h2-5,7H,1H3/t7-/m1/s1. The minimum Gasteiger partial charge on any atom is -0.302 e. The molecule has 3 heteroatoms. The molecular formula is C8H8BrNO. The maximum atomic E-state index is 10.3. The summed E-state index contributed by atoms with van der Waals surface area (Å²) in [6.07, 6.45) is 2.56.